The van der Waals surface area contributed by atoms with E-state index in [4.69, 9.17) is 26.6 Å². The first kappa shape index (κ1) is 54.7. The lowest BCUT2D eigenvalue weighted by atomic mass is 9.78. The molecule has 6 aromatic heterocycles. The Kier molecular flexibility index (Phi) is 16.7. The normalized spacial score (nSPS) is 11.6. The molecule has 0 aliphatic rings. The maximum atomic E-state index is 13.0. The van der Waals surface area contributed by atoms with Crippen molar-refractivity contribution in [3.63, 3.8) is 0 Å². The minimum Gasteiger partial charge on any atom is -0.423 e. The van der Waals surface area contributed by atoms with E-state index in [0.717, 1.165) is 31.0 Å². The van der Waals surface area contributed by atoms with Gasteiger partial charge in [-0.1, -0.05) is 114 Å². The highest BCUT2D eigenvalue weighted by atomic mass is 35.5. The number of nitrogens with one attached hydrogen (secondary N) is 2. The molecular formula is C56H58BClN12O4S2. The third-order valence-corrected chi connectivity index (χ3v) is 14.2. The molecule has 4 N–H and O–H groups in total. The van der Waals surface area contributed by atoms with Crippen LogP contribution < -0.4 is 16.1 Å². The number of fused-ring (bicyclic) bond motifs is 2. The van der Waals surface area contributed by atoms with Crippen LogP contribution in [0.1, 0.15) is 113 Å². The summed E-state index contributed by atoms with van der Waals surface area (Å²) in [6, 6.07) is 38.0. The van der Waals surface area contributed by atoms with Gasteiger partial charge in [0, 0.05) is 28.8 Å². The Hall–Kier alpha value is -7.55. The Bertz CT molecular complexity index is 3630. The highest BCUT2D eigenvalue weighted by molar-refractivity contribution is 7.22. The Labute approximate surface area is 454 Å². The molecule has 0 aliphatic heterocycles. The number of pyridine rings is 2. The van der Waals surface area contributed by atoms with E-state index in [-0.39, 0.29) is 34.7 Å². The van der Waals surface area contributed by atoms with Crippen LogP contribution in [0.25, 0.3) is 54.0 Å². The van der Waals surface area contributed by atoms with Crippen molar-refractivity contribution in [1.29, 1.82) is 0 Å². The molecular weight excluding hydrogens is 1020 g/mol. The maximum Gasteiger partial charge on any atom is 0.488 e. The standard InChI is InChI=1S/C28H28N6OS.C18H15ClN6OS.C10H15BO2/c1-17(2)34-16-29-33-25(34)22-7-6-8-24(30-22)32-26(35)19-11-14-21-23(15-19)36-27(31-21)18-9-12-20(13-10-18)28(3,4)5;1-10(2)25-9-20-24-16(25)13-4-3-5-15(21-13)23-17(26)11-6-7-12-14(8-11)27-18(19)22-12;1-10(2,3)8-4-6-9(7-5-8)11(12)13/h6-17H,1-5H3,(H,30,32,35);3-10H,1-2H3,(H,21,23,26);4-7,12-13H,1-3H3. The van der Waals surface area contributed by atoms with Crippen LogP contribution in [-0.4, -0.2) is 78.4 Å². The Morgan fingerprint density at radius 3 is 1.47 bits per heavy atom. The van der Waals surface area contributed by atoms with Gasteiger partial charge in [0.15, 0.2) is 16.1 Å². The fourth-order valence-corrected chi connectivity index (χ4v) is 9.82. The number of anilines is 2. The molecule has 4 aromatic carbocycles. The van der Waals surface area contributed by atoms with Gasteiger partial charge in [-0.3, -0.25) is 9.59 Å². The number of benzene rings is 4. The molecule has 0 bridgehead atoms. The van der Waals surface area contributed by atoms with Crippen LogP contribution >= 0.6 is 34.3 Å². The van der Waals surface area contributed by atoms with Crippen LogP contribution in [0.15, 0.2) is 134 Å². The van der Waals surface area contributed by atoms with Gasteiger partial charge in [-0.05, 0) is 116 Å². The minimum atomic E-state index is -1.37. The molecule has 76 heavy (non-hydrogen) atoms. The van der Waals surface area contributed by atoms with E-state index in [1.54, 1.807) is 72.5 Å². The SMILES string of the molecule is CC(C)(C)c1ccc(B(O)O)cc1.CC(C)n1cnnc1-c1cccc(NC(=O)c2ccc3nc(-c4ccc(C(C)(C)C)cc4)sc3c2)n1.CC(C)n1cnnc1-c1cccc(NC(=O)c2ccc3nc(Cl)sc3c2)n1. The molecule has 0 aliphatic carbocycles. The van der Waals surface area contributed by atoms with E-state index in [1.165, 1.54) is 22.5 Å². The molecule has 0 spiro atoms. The van der Waals surface area contributed by atoms with E-state index < -0.39 is 7.12 Å². The fraction of sp³-hybridized carbons (Fsp3) is 0.250. The molecule has 0 saturated heterocycles. The van der Waals surface area contributed by atoms with Gasteiger partial charge in [-0.2, -0.15) is 0 Å². The van der Waals surface area contributed by atoms with Gasteiger partial charge >= 0.3 is 7.12 Å². The Morgan fingerprint density at radius 2 is 1.03 bits per heavy atom. The zero-order valence-corrected chi connectivity index (χ0v) is 46.2. The number of hydrogen-bond acceptors (Lipinski definition) is 14. The summed E-state index contributed by atoms with van der Waals surface area (Å²) in [5.74, 6) is 1.74. The second-order valence-electron chi connectivity index (χ2n) is 20.5. The smallest absolute Gasteiger partial charge is 0.423 e. The van der Waals surface area contributed by atoms with Crippen LogP contribution in [-0.2, 0) is 10.8 Å². The molecule has 0 saturated carbocycles. The van der Waals surface area contributed by atoms with Crippen molar-refractivity contribution >= 4 is 90.7 Å². The van der Waals surface area contributed by atoms with Gasteiger partial charge in [0.1, 0.15) is 40.7 Å². The average Bonchev–Trinajstić information content (AvgIpc) is 4.23. The van der Waals surface area contributed by atoms with Crippen molar-refractivity contribution < 1.29 is 19.6 Å². The van der Waals surface area contributed by atoms with E-state index in [9.17, 15) is 9.59 Å². The first-order valence-corrected chi connectivity index (χ1v) is 26.5. The molecule has 16 nitrogen and oxygen atoms in total. The summed E-state index contributed by atoms with van der Waals surface area (Å²) in [5.41, 5.74) is 8.31. The molecule has 10 rings (SSSR count). The number of halogens is 1. The molecule has 0 unspecified atom stereocenters. The average molecular weight is 1070 g/mol. The number of hydrogen-bond donors (Lipinski definition) is 4. The fourth-order valence-electron chi connectivity index (χ4n) is 7.74. The first-order chi connectivity index (χ1) is 36.1. The van der Waals surface area contributed by atoms with Crippen molar-refractivity contribution in [3.05, 3.63) is 161 Å². The van der Waals surface area contributed by atoms with Crippen molar-refractivity contribution in [2.45, 2.75) is 92.2 Å². The van der Waals surface area contributed by atoms with Gasteiger partial charge in [-0.25, -0.2) is 19.9 Å². The lowest BCUT2D eigenvalue weighted by Crippen LogP contribution is -2.29. The van der Waals surface area contributed by atoms with Crippen LogP contribution in [0.5, 0.6) is 0 Å². The van der Waals surface area contributed by atoms with Gasteiger partial charge in [0.05, 0.1) is 20.4 Å². The van der Waals surface area contributed by atoms with E-state index in [2.05, 4.69) is 126 Å². The molecule has 2 amide bonds. The Balaban J connectivity index is 0.000000168. The highest BCUT2D eigenvalue weighted by Gasteiger charge is 2.19. The van der Waals surface area contributed by atoms with Gasteiger partial charge < -0.3 is 29.8 Å². The summed E-state index contributed by atoms with van der Waals surface area (Å²) < 4.78 is 6.14. The topological polar surface area (TPSA) is 212 Å². The lowest BCUT2D eigenvalue weighted by Gasteiger charge is -2.19. The molecule has 0 fully saturated rings. The third kappa shape index (κ3) is 13.3. The van der Waals surface area contributed by atoms with Gasteiger partial charge in [0.2, 0.25) is 0 Å². The van der Waals surface area contributed by atoms with Crippen LogP contribution in [0.3, 0.4) is 0 Å². The molecule has 6 heterocycles. The number of amides is 2. The van der Waals surface area contributed by atoms with Crippen molar-refractivity contribution in [2.75, 3.05) is 10.6 Å². The number of thiazole rings is 2. The zero-order valence-electron chi connectivity index (χ0n) is 43.8. The minimum absolute atomic E-state index is 0.106. The van der Waals surface area contributed by atoms with E-state index in [0.29, 0.717) is 55.7 Å². The Morgan fingerprint density at radius 1 is 0.579 bits per heavy atom. The zero-order chi connectivity index (χ0) is 54.5. The molecule has 388 valence electrons. The summed E-state index contributed by atoms with van der Waals surface area (Å²) in [6.45, 7) is 21.2. The second-order valence-corrected chi connectivity index (χ2v) is 23.1. The highest BCUT2D eigenvalue weighted by Crippen LogP contribution is 2.33. The number of aromatic nitrogens is 10. The van der Waals surface area contributed by atoms with Gasteiger partial charge in [-0.15, -0.1) is 43.1 Å². The molecule has 0 radical (unpaired) electrons. The summed E-state index contributed by atoms with van der Waals surface area (Å²) in [6.07, 6.45) is 3.35. The molecule has 20 heteroatoms. The predicted molar refractivity (Wildman–Crippen MR) is 307 cm³/mol. The van der Waals surface area contributed by atoms with E-state index in [1.807, 2.05) is 71.5 Å². The lowest BCUT2D eigenvalue weighted by molar-refractivity contribution is 0.101. The second kappa shape index (κ2) is 23.1. The van der Waals surface area contributed by atoms with Crippen LogP contribution in [0.2, 0.25) is 4.47 Å². The summed E-state index contributed by atoms with van der Waals surface area (Å²) in [4.78, 5) is 43.7. The monoisotopic (exact) mass is 1070 g/mol. The number of carbonyl (C=O) groups is 2. The maximum absolute atomic E-state index is 13.0. The third-order valence-electron chi connectivity index (χ3n) is 12.0. The summed E-state index contributed by atoms with van der Waals surface area (Å²) >= 11 is 8.85. The molecule has 0 atom stereocenters. The predicted octanol–water partition coefficient (Wildman–Crippen LogP) is 11.8. The van der Waals surface area contributed by atoms with Crippen molar-refractivity contribution in [1.82, 2.24) is 49.5 Å². The number of rotatable bonds is 10. The van der Waals surface area contributed by atoms with Crippen LogP contribution in [0, 0.1) is 0 Å². The van der Waals surface area contributed by atoms with Crippen molar-refractivity contribution in [2.24, 2.45) is 0 Å². The molecule has 10 aromatic rings. The summed E-state index contributed by atoms with van der Waals surface area (Å²) in [7, 11) is -1.37. The van der Waals surface area contributed by atoms with Crippen LogP contribution in [0.4, 0.5) is 11.6 Å². The van der Waals surface area contributed by atoms with Crippen molar-refractivity contribution in [3.8, 4) is 33.6 Å². The summed E-state index contributed by atoms with van der Waals surface area (Å²) in [5, 5.41) is 40.7. The van der Waals surface area contributed by atoms with Gasteiger partial charge in [0.25, 0.3) is 11.8 Å². The van der Waals surface area contributed by atoms with E-state index >= 15 is 0 Å². The number of carbonyl (C=O) groups excluding carboxylic acids is 2. The first-order valence-electron chi connectivity index (χ1n) is 24.5. The largest absolute Gasteiger partial charge is 0.488 e. The number of nitrogens with zero attached hydrogens (tertiary/aromatic N) is 10. The quantitative estimate of drug-likeness (QED) is 0.0942.